The Hall–Kier alpha value is -11.8. The fourth-order valence-corrected chi connectivity index (χ4v) is 28.0. The molecule has 546 valence electrons. The lowest BCUT2D eigenvalue weighted by Gasteiger charge is -2.45. The summed E-state index contributed by atoms with van der Waals surface area (Å²) in [5.41, 5.74) is 23.7. The van der Waals surface area contributed by atoms with Crippen molar-refractivity contribution in [2.24, 2.45) is 0 Å². The smallest absolute Gasteiger partial charge is 0.252 e. The van der Waals surface area contributed by atoms with Crippen LogP contribution in [0.5, 0.6) is 0 Å². The van der Waals surface area contributed by atoms with Crippen molar-refractivity contribution < 1.29 is 0 Å². The number of nitrogens with zero attached hydrogens (tertiary/aromatic N) is 3. The molecule has 0 aliphatic carbocycles. The molecule has 6 heteroatoms. The summed E-state index contributed by atoms with van der Waals surface area (Å²) in [4.78, 5) is 5.39. The first-order valence-corrected chi connectivity index (χ1v) is 44.0. The largest absolute Gasteiger partial charge is 0.311 e. The number of para-hydroxylation sites is 2. The average molecular weight is 1480 g/mol. The van der Waals surface area contributed by atoms with E-state index in [1.165, 1.54) is 113 Å². The van der Waals surface area contributed by atoms with Gasteiger partial charge in [-0.15, -0.1) is 0 Å². The molecule has 0 fully saturated rings. The lowest BCUT2D eigenvalue weighted by molar-refractivity contribution is 0.568. The minimum absolute atomic E-state index is 0.0992. The van der Waals surface area contributed by atoms with Crippen molar-refractivity contribution in [3.05, 3.63) is 386 Å². The molecule has 0 amide bonds. The highest BCUT2D eigenvalue weighted by atomic mass is 28.3. The molecule has 0 radical (unpaired) electrons. The van der Waals surface area contributed by atoms with Gasteiger partial charge >= 0.3 is 0 Å². The fourth-order valence-electron chi connectivity index (χ4n) is 18.4. The number of hydrogen-bond acceptors (Lipinski definition) is 2. The standard InChI is InChI=1S/C106H96BN3Si2/c1-103(2,3)77-61-75(62-78(67-77)104(4,5)6)73-58-60-98-95(65-73)107-94-59-57-74(76-63-79(105(7,8)9)68-80(64-76)106(10,11)12)66-99(94)109(82-38-36-52-91(70-82)112(87-45-25-16-26-46-87,88-47-27-17-28-48-88)89-49-29-18-30-50-89)101-72-83(110-96-55-33-31-53-92(96)93-54-32-34-56-97(93)110)71-100(102(101)107)108(98)81-37-35-51-90(69-81)111(84-39-19-13-20-40-84,85-41-21-14-22-42-85)86-43-23-15-24-44-86/h13-72H,1-12H3. The summed E-state index contributed by atoms with van der Waals surface area (Å²) >= 11 is 0. The first-order chi connectivity index (χ1) is 54.1. The van der Waals surface area contributed by atoms with Crippen LogP contribution in [-0.2, 0) is 21.7 Å². The van der Waals surface area contributed by atoms with Crippen molar-refractivity contribution in [2.75, 3.05) is 9.80 Å². The first kappa shape index (κ1) is 71.8. The Labute approximate surface area is 665 Å². The highest BCUT2D eigenvalue weighted by Gasteiger charge is 2.48. The number of hydrogen-bond donors (Lipinski definition) is 0. The van der Waals surface area contributed by atoms with E-state index in [0.29, 0.717) is 0 Å². The lowest BCUT2D eigenvalue weighted by Crippen LogP contribution is -2.74. The number of rotatable bonds is 13. The normalized spacial score (nSPS) is 13.1. The molecule has 3 nitrogen and oxygen atoms in total. The van der Waals surface area contributed by atoms with E-state index in [4.69, 9.17) is 0 Å². The zero-order chi connectivity index (χ0) is 77.1. The van der Waals surface area contributed by atoms with Gasteiger partial charge in [0.25, 0.3) is 6.71 Å². The van der Waals surface area contributed by atoms with Crippen LogP contribution in [0.4, 0.5) is 34.1 Å². The van der Waals surface area contributed by atoms with Gasteiger partial charge in [-0.1, -0.05) is 386 Å². The van der Waals surface area contributed by atoms with Crippen LogP contribution in [0.3, 0.4) is 0 Å². The molecule has 0 saturated carbocycles. The van der Waals surface area contributed by atoms with E-state index in [9.17, 15) is 0 Å². The van der Waals surface area contributed by atoms with Crippen LogP contribution >= 0.6 is 0 Å². The summed E-state index contributed by atoms with van der Waals surface area (Å²) in [5.74, 6) is 0. The van der Waals surface area contributed by atoms with Gasteiger partial charge in [-0.2, -0.15) is 0 Å². The summed E-state index contributed by atoms with van der Waals surface area (Å²) in [6.07, 6.45) is 0. The summed E-state index contributed by atoms with van der Waals surface area (Å²) in [6.45, 7) is 28.1. The Balaban J connectivity index is 1.00. The van der Waals surface area contributed by atoms with Crippen LogP contribution in [0.1, 0.15) is 105 Å². The first-order valence-electron chi connectivity index (χ1n) is 40.0. The van der Waals surface area contributed by atoms with Crippen molar-refractivity contribution in [3.8, 4) is 27.9 Å². The molecule has 18 rings (SSSR count). The van der Waals surface area contributed by atoms with E-state index in [1.807, 2.05) is 0 Å². The van der Waals surface area contributed by atoms with Gasteiger partial charge in [0.15, 0.2) is 16.1 Å². The molecule has 0 bridgehead atoms. The van der Waals surface area contributed by atoms with Gasteiger partial charge in [-0.25, -0.2) is 0 Å². The third-order valence-electron chi connectivity index (χ3n) is 24.2. The monoisotopic (exact) mass is 1480 g/mol. The minimum Gasteiger partial charge on any atom is -0.311 e. The summed E-state index contributed by atoms with van der Waals surface area (Å²) in [7, 11) is -6.23. The Morgan fingerprint density at radius 2 is 0.545 bits per heavy atom. The molecule has 112 heavy (non-hydrogen) atoms. The predicted molar refractivity (Wildman–Crippen MR) is 488 cm³/mol. The highest BCUT2D eigenvalue weighted by Crippen LogP contribution is 2.49. The number of fused-ring (bicyclic) bond motifs is 7. The number of aromatic nitrogens is 1. The molecule has 16 aromatic rings. The SMILES string of the molecule is CC(C)(C)c1cc(-c2ccc3c(c2)B2c4ccc(-c5cc(C(C)(C)C)cc(C(C)(C)C)c5)cc4N(c4cccc([Si](c5ccccc5)(c5ccccc5)c5ccccc5)c4)c4cc(-n5c6ccccc6c6ccccc65)cc(c42)N3c2cccc([Si](c3ccccc3)(c3ccccc3)c3ccccc3)c2)cc(C(C)(C)C)c1. The Bertz CT molecular complexity index is 5930. The maximum atomic E-state index is 2.71. The molecular weight excluding hydrogens is 1380 g/mol. The van der Waals surface area contributed by atoms with Crippen LogP contribution in [-0.4, -0.2) is 27.4 Å². The van der Waals surface area contributed by atoms with Gasteiger partial charge in [-0.3, -0.25) is 0 Å². The molecule has 0 N–H and O–H groups in total. The number of anilines is 6. The second kappa shape index (κ2) is 27.6. The van der Waals surface area contributed by atoms with Crippen molar-refractivity contribution in [3.63, 3.8) is 0 Å². The van der Waals surface area contributed by atoms with Crippen molar-refractivity contribution >= 4 is 137 Å². The van der Waals surface area contributed by atoms with Gasteiger partial charge in [0.2, 0.25) is 0 Å². The van der Waals surface area contributed by atoms with Gasteiger partial charge in [0, 0.05) is 44.9 Å². The third kappa shape index (κ3) is 12.2. The summed E-state index contributed by atoms with van der Waals surface area (Å²) in [5, 5.41) is 13.0. The Morgan fingerprint density at radius 3 is 0.911 bits per heavy atom. The van der Waals surface area contributed by atoms with Crippen LogP contribution in [0, 0.1) is 0 Å². The van der Waals surface area contributed by atoms with E-state index < -0.39 is 16.1 Å². The van der Waals surface area contributed by atoms with E-state index in [0.717, 1.165) is 50.8 Å². The topological polar surface area (TPSA) is 11.4 Å². The lowest BCUT2D eigenvalue weighted by atomic mass is 9.33. The van der Waals surface area contributed by atoms with Gasteiger partial charge in [0.05, 0.1) is 16.7 Å². The molecular formula is C106H96BN3Si2. The maximum absolute atomic E-state index is 3.13. The van der Waals surface area contributed by atoms with E-state index >= 15 is 0 Å². The van der Waals surface area contributed by atoms with E-state index in [2.05, 4.69) is 461 Å². The molecule has 1 aromatic heterocycles. The predicted octanol–water partition coefficient (Wildman–Crippen LogP) is 20.1. The van der Waals surface area contributed by atoms with Crippen molar-refractivity contribution in [1.82, 2.24) is 4.57 Å². The van der Waals surface area contributed by atoms with Gasteiger partial charge < -0.3 is 14.4 Å². The molecule has 2 aliphatic rings. The molecule has 0 spiro atoms. The average Bonchev–Trinajstić information content (AvgIpc) is 0.796. The molecule has 2 aliphatic heterocycles. The van der Waals surface area contributed by atoms with Gasteiger partial charge in [0.1, 0.15) is 0 Å². The van der Waals surface area contributed by atoms with Crippen LogP contribution < -0.4 is 67.7 Å². The van der Waals surface area contributed by atoms with E-state index in [1.54, 1.807) is 0 Å². The summed E-state index contributed by atoms with van der Waals surface area (Å²) in [6, 6.07) is 141. The van der Waals surface area contributed by atoms with Crippen LogP contribution in [0.2, 0.25) is 0 Å². The van der Waals surface area contributed by atoms with Crippen molar-refractivity contribution in [1.29, 1.82) is 0 Å². The second-order valence-electron chi connectivity index (χ2n) is 35.3. The molecule has 3 heterocycles. The van der Waals surface area contributed by atoms with E-state index in [-0.39, 0.29) is 28.4 Å². The highest BCUT2D eigenvalue weighted by molar-refractivity contribution is 7.20. The second-order valence-corrected chi connectivity index (χ2v) is 42.9. The molecule has 15 aromatic carbocycles. The molecule has 0 unspecified atom stereocenters. The fraction of sp³-hybridized carbons (Fsp3) is 0.151. The van der Waals surface area contributed by atoms with Gasteiger partial charge in [-0.05, 0) is 185 Å². The number of benzene rings is 15. The Morgan fingerprint density at radius 1 is 0.223 bits per heavy atom. The zero-order valence-corrected chi connectivity index (χ0v) is 68.6. The maximum Gasteiger partial charge on any atom is 0.252 e. The van der Waals surface area contributed by atoms with Crippen LogP contribution in [0.25, 0.3) is 49.7 Å². The Kier molecular flexibility index (Phi) is 17.7. The molecule has 0 atom stereocenters. The van der Waals surface area contributed by atoms with Crippen molar-refractivity contribution in [2.45, 2.75) is 105 Å². The minimum atomic E-state index is -3.13. The zero-order valence-electron chi connectivity index (χ0n) is 66.6. The third-order valence-corrected chi connectivity index (χ3v) is 33.8. The van der Waals surface area contributed by atoms with Crippen LogP contribution in [0.15, 0.2) is 364 Å². The molecule has 0 saturated heterocycles. The summed E-state index contributed by atoms with van der Waals surface area (Å²) < 4.78 is 2.56. The quantitative estimate of drug-likeness (QED) is 0.0842.